The highest BCUT2D eigenvalue weighted by atomic mass is 16.1. The van der Waals surface area contributed by atoms with Gasteiger partial charge in [-0.15, -0.1) is 0 Å². The number of hydrogen-bond acceptors (Lipinski definition) is 6. The number of nitrogens with zero attached hydrogens (tertiary/aromatic N) is 3. The van der Waals surface area contributed by atoms with Crippen LogP contribution in [0.25, 0.3) is 0 Å². The number of fused-ring (bicyclic) bond motifs is 1. The average molecular weight is 326 g/mol. The molecule has 24 heavy (non-hydrogen) atoms. The molecule has 0 radical (unpaired) electrons. The SMILES string of the molecule is CC(C)C(=O)Nc1ccc2c(c1)CCN2Cc1cnc(N)nc1N. The second-order valence-electron chi connectivity index (χ2n) is 6.30. The van der Waals surface area contributed by atoms with Crippen LogP contribution in [0.4, 0.5) is 23.1 Å². The van der Waals surface area contributed by atoms with Crippen LogP contribution in [0.5, 0.6) is 0 Å². The Morgan fingerprint density at radius 1 is 1.38 bits per heavy atom. The van der Waals surface area contributed by atoms with E-state index in [2.05, 4.69) is 20.2 Å². The van der Waals surface area contributed by atoms with E-state index in [1.807, 2.05) is 32.0 Å². The molecular formula is C17H22N6O. The Kier molecular flexibility index (Phi) is 4.24. The van der Waals surface area contributed by atoms with Crippen molar-refractivity contribution < 1.29 is 4.79 Å². The summed E-state index contributed by atoms with van der Waals surface area (Å²) in [5.74, 6) is 0.584. The lowest BCUT2D eigenvalue weighted by molar-refractivity contribution is -0.118. The van der Waals surface area contributed by atoms with Crippen LogP contribution in [0.2, 0.25) is 0 Å². The van der Waals surface area contributed by atoms with Crippen molar-refractivity contribution in [3.05, 3.63) is 35.5 Å². The molecule has 5 N–H and O–H groups in total. The Balaban J connectivity index is 1.76. The zero-order valence-corrected chi connectivity index (χ0v) is 13.9. The van der Waals surface area contributed by atoms with Crippen molar-refractivity contribution in [1.29, 1.82) is 0 Å². The van der Waals surface area contributed by atoms with Gasteiger partial charge in [-0.3, -0.25) is 4.79 Å². The zero-order valence-electron chi connectivity index (χ0n) is 13.9. The van der Waals surface area contributed by atoms with Crippen LogP contribution in [0.3, 0.4) is 0 Å². The van der Waals surface area contributed by atoms with E-state index in [-0.39, 0.29) is 17.8 Å². The summed E-state index contributed by atoms with van der Waals surface area (Å²) in [6.07, 6.45) is 2.60. The number of nitrogens with one attached hydrogen (secondary N) is 1. The number of nitrogens with two attached hydrogens (primary N) is 2. The maximum absolute atomic E-state index is 11.8. The summed E-state index contributed by atoms with van der Waals surface area (Å²) in [5, 5.41) is 2.94. The first-order valence-corrected chi connectivity index (χ1v) is 7.99. The minimum absolute atomic E-state index is 0.0246. The predicted molar refractivity (Wildman–Crippen MR) is 95.5 cm³/mol. The van der Waals surface area contributed by atoms with E-state index in [0.717, 1.165) is 29.9 Å². The van der Waals surface area contributed by atoms with Crippen molar-refractivity contribution in [3.8, 4) is 0 Å². The van der Waals surface area contributed by atoms with E-state index in [0.29, 0.717) is 12.4 Å². The van der Waals surface area contributed by atoms with Crippen molar-refractivity contribution in [2.45, 2.75) is 26.8 Å². The van der Waals surface area contributed by atoms with Crippen molar-refractivity contribution in [3.63, 3.8) is 0 Å². The molecule has 1 aliphatic heterocycles. The second kappa shape index (κ2) is 6.35. The van der Waals surface area contributed by atoms with Gasteiger partial charge in [0.25, 0.3) is 0 Å². The third-order valence-corrected chi connectivity index (χ3v) is 4.14. The first-order valence-electron chi connectivity index (χ1n) is 7.99. The van der Waals surface area contributed by atoms with Crippen molar-refractivity contribution in [1.82, 2.24) is 9.97 Å². The number of aromatic nitrogens is 2. The van der Waals surface area contributed by atoms with Gasteiger partial charge in [0.15, 0.2) is 0 Å². The lowest BCUT2D eigenvalue weighted by Crippen LogP contribution is -2.21. The van der Waals surface area contributed by atoms with Crippen molar-refractivity contribution in [2.24, 2.45) is 5.92 Å². The molecule has 126 valence electrons. The zero-order chi connectivity index (χ0) is 17.3. The average Bonchev–Trinajstić information content (AvgIpc) is 2.92. The van der Waals surface area contributed by atoms with Gasteiger partial charge in [0.2, 0.25) is 11.9 Å². The molecule has 7 nitrogen and oxygen atoms in total. The summed E-state index contributed by atoms with van der Waals surface area (Å²) in [6, 6.07) is 6.01. The smallest absolute Gasteiger partial charge is 0.226 e. The number of carbonyl (C=O) groups excluding carboxylic acids is 1. The van der Waals surface area contributed by atoms with Crippen LogP contribution in [0.1, 0.15) is 25.0 Å². The van der Waals surface area contributed by atoms with Crippen LogP contribution in [-0.2, 0) is 17.8 Å². The molecule has 1 aromatic carbocycles. The largest absolute Gasteiger partial charge is 0.383 e. The van der Waals surface area contributed by atoms with E-state index in [1.165, 1.54) is 5.56 Å². The molecule has 2 aromatic rings. The van der Waals surface area contributed by atoms with E-state index in [9.17, 15) is 4.79 Å². The summed E-state index contributed by atoms with van der Waals surface area (Å²) >= 11 is 0. The predicted octanol–water partition coefficient (Wildman–Crippen LogP) is 1.80. The number of rotatable bonds is 4. The monoisotopic (exact) mass is 326 g/mol. The van der Waals surface area contributed by atoms with E-state index in [1.54, 1.807) is 6.20 Å². The molecule has 0 atom stereocenters. The molecular weight excluding hydrogens is 304 g/mol. The number of nitrogen functional groups attached to an aromatic ring is 2. The van der Waals surface area contributed by atoms with E-state index < -0.39 is 0 Å². The summed E-state index contributed by atoms with van der Waals surface area (Å²) < 4.78 is 0. The van der Waals surface area contributed by atoms with Gasteiger partial charge in [-0.05, 0) is 30.2 Å². The van der Waals surface area contributed by atoms with Crippen molar-refractivity contribution >= 4 is 29.0 Å². The minimum atomic E-state index is -0.0387. The van der Waals surface area contributed by atoms with Crippen LogP contribution < -0.4 is 21.7 Å². The minimum Gasteiger partial charge on any atom is -0.383 e. The highest BCUT2D eigenvalue weighted by molar-refractivity contribution is 5.92. The van der Waals surface area contributed by atoms with Crippen LogP contribution in [0.15, 0.2) is 24.4 Å². The summed E-state index contributed by atoms with van der Waals surface area (Å²) in [4.78, 5) is 22.1. The number of anilines is 4. The highest BCUT2D eigenvalue weighted by Gasteiger charge is 2.21. The topological polar surface area (TPSA) is 110 Å². The van der Waals surface area contributed by atoms with Crippen LogP contribution >= 0.6 is 0 Å². The third-order valence-electron chi connectivity index (χ3n) is 4.14. The molecule has 3 rings (SSSR count). The highest BCUT2D eigenvalue weighted by Crippen LogP contribution is 2.32. The quantitative estimate of drug-likeness (QED) is 0.790. The first-order chi connectivity index (χ1) is 11.4. The fraction of sp³-hybridized carbons (Fsp3) is 0.353. The Bertz CT molecular complexity index is 774. The van der Waals surface area contributed by atoms with E-state index in [4.69, 9.17) is 11.5 Å². The Labute approximate surface area is 141 Å². The van der Waals surface area contributed by atoms with Crippen molar-refractivity contribution in [2.75, 3.05) is 28.2 Å². The molecule has 1 aromatic heterocycles. The fourth-order valence-electron chi connectivity index (χ4n) is 2.76. The van der Waals surface area contributed by atoms with Gasteiger partial charge >= 0.3 is 0 Å². The second-order valence-corrected chi connectivity index (χ2v) is 6.30. The lowest BCUT2D eigenvalue weighted by Gasteiger charge is -2.20. The molecule has 0 fully saturated rings. The van der Waals surface area contributed by atoms with Gasteiger partial charge in [-0.1, -0.05) is 13.8 Å². The Morgan fingerprint density at radius 2 is 2.17 bits per heavy atom. The molecule has 1 amide bonds. The Hall–Kier alpha value is -2.83. The first kappa shape index (κ1) is 16.0. The Morgan fingerprint density at radius 3 is 2.88 bits per heavy atom. The number of benzene rings is 1. The maximum Gasteiger partial charge on any atom is 0.226 e. The summed E-state index contributed by atoms with van der Waals surface area (Å²) in [6.45, 7) is 5.28. The van der Waals surface area contributed by atoms with E-state index >= 15 is 0 Å². The molecule has 0 saturated carbocycles. The molecule has 7 heteroatoms. The van der Waals surface area contributed by atoms with Crippen LogP contribution in [0, 0.1) is 5.92 Å². The molecule has 0 saturated heterocycles. The van der Waals surface area contributed by atoms with Gasteiger partial charge in [-0.2, -0.15) is 4.98 Å². The van der Waals surface area contributed by atoms with Gasteiger partial charge in [0.05, 0.1) is 0 Å². The molecule has 0 unspecified atom stereocenters. The normalized spacial score (nSPS) is 13.2. The summed E-state index contributed by atoms with van der Waals surface area (Å²) in [5.41, 5.74) is 15.5. The third kappa shape index (κ3) is 3.24. The summed E-state index contributed by atoms with van der Waals surface area (Å²) in [7, 11) is 0. The lowest BCUT2D eigenvalue weighted by atomic mass is 10.1. The van der Waals surface area contributed by atoms with Gasteiger partial charge in [0, 0.05) is 42.1 Å². The molecule has 0 aliphatic carbocycles. The van der Waals surface area contributed by atoms with Gasteiger partial charge < -0.3 is 21.7 Å². The maximum atomic E-state index is 11.8. The standard InChI is InChI=1S/C17H22N6O/c1-10(2)16(24)21-13-3-4-14-11(7-13)5-6-23(14)9-12-8-20-17(19)22-15(12)18/h3-4,7-8,10H,5-6,9H2,1-2H3,(H,21,24)(H4,18,19,20,22). The number of amides is 1. The van der Waals surface area contributed by atoms with Gasteiger partial charge in [-0.25, -0.2) is 4.98 Å². The molecule has 1 aliphatic rings. The van der Waals surface area contributed by atoms with Crippen LogP contribution in [-0.4, -0.2) is 22.4 Å². The number of hydrogen-bond donors (Lipinski definition) is 3. The number of carbonyl (C=O) groups is 1. The van der Waals surface area contributed by atoms with Gasteiger partial charge in [0.1, 0.15) is 5.82 Å². The molecule has 0 spiro atoms. The molecule has 0 bridgehead atoms. The molecule has 2 heterocycles. The fourth-order valence-corrected chi connectivity index (χ4v) is 2.76.